The van der Waals surface area contributed by atoms with Gasteiger partial charge < -0.3 is 4.74 Å². The number of hydrogen-bond acceptors (Lipinski definition) is 7. The maximum Gasteiger partial charge on any atom is 0.306 e. The summed E-state index contributed by atoms with van der Waals surface area (Å²) < 4.78 is 5.41. The van der Waals surface area contributed by atoms with E-state index in [1.165, 1.54) is 23.9 Å². The van der Waals surface area contributed by atoms with Gasteiger partial charge in [0.05, 0.1) is 4.92 Å². The van der Waals surface area contributed by atoms with Crippen LogP contribution < -0.4 is 0 Å². The summed E-state index contributed by atoms with van der Waals surface area (Å²) in [6, 6.07) is 6.10. The fourth-order valence-corrected chi connectivity index (χ4v) is 3.06. The zero-order valence-electron chi connectivity index (χ0n) is 15.2. The lowest BCUT2D eigenvalue weighted by Gasteiger charge is -2.14. The number of esters is 1. The Morgan fingerprint density at radius 2 is 1.96 bits per heavy atom. The van der Waals surface area contributed by atoms with Crippen molar-refractivity contribution in [1.29, 1.82) is 0 Å². The quantitative estimate of drug-likeness (QED) is 0.238. The predicted octanol–water partition coefficient (Wildman–Crippen LogP) is 3.96. The molecule has 138 valence electrons. The molecule has 0 amide bonds. The third kappa shape index (κ3) is 5.01. The second-order valence-electron chi connectivity index (χ2n) is 5.84. The fourth-order valence-electron chi connectivity index (χ4n) is 2.60. The SMILES string of the molecule is CSc1nc(C)c(CCC(=O)O[C@H](C)c2cccc([N+](=O)[O-])c2)c(C)n1. The molecule has 0 fully saturated rings. The van der Waals surface area contributed by atoms with E-state index in [9.17, 15) is 14.9 Å². The maximum absolute atomic E-state index is 12.2. The number of rotatable bonds is 7. The lowest BCUT2D eigenvalue weighted by molar-refractivity contribution is -0.385. The number of nitro groups is 1. The van der Waals surface area contributed by atoms with Crippen molar-refractivity contribution in [2.24, 2.45) is 0 Å². The van der Waals surface area contributed by atoms with Gasteiger partial charge in [-0.3, -0.25) is 14.9 Å². The Labute approximate surface area is 156 Å². The molecule has 0 saturated heterocycles. The summed E-state index contributed by atoms with van der Waals surface area (Å²) in [6.45, 7) is 5.51. The first-order valence-electron chi connectivity index (χ1n) is 8.13. The van der Waals surface area contributed by atoms with E-state index >= 15 is 0 Å². The summed E-state index contributed by atoms with van der Waals surface area (Å²) in [5.41, 5.74) is 3.24. The van der Waals surface area contributed by atoms with E-state index in [1.807, 2.05) is 20.1 Å². The van der Waals surface area contributed by atoms with Crippen molar-refractivity contribution < 1.29 is 14.5 Å². The summed E-state index contributed by atoms with van der Waals surface area (Å²) in [5, 5.41) is 11.6. The lowest BCUT2D eigenvalue weighted by atomic mass is 10.1. The smallest absolute Gasteiger partial charge is 0.306 e. The molecule has 0 spiro atoms. The zero-order chi connectivity index (χ0) is 19.3. The summed E-state index contributed by atoms with van der Waals surface area (Å²) >= 11 is 1.48. The van der Waals surface area contributed by atoms with Crippen molar-refractivity contribution in [2.75, 3.05) is 6.26 Å². The monoisotopic (exact) mass is 375 g/mol. The molecular weight excluding hydrogens is 354 g/mol. The van der Waals surface area contributed by atoms with Crippen LogP contribution in [-0.2, 0) is 16.0 Å². The molecule has 1 heterocycles. The normalized spacial score (nSPS) is 11.8. The van der Waals surface area contributed by atoms with E-state index in [0.29, 0.717) is 17.1 Å². The molecule has 2 rings (SSSR count). The Balaban J connectivity index is 1.99. The second kappa shape index (κ2) is 8.75. The van der Waals surface area contributed by atoms with Gasteiger partial charge in [-0.25, -0.2) is 9.97 Å². The Hall–Kier alpha value is -2.48. The van der Waals surface area contributed by atoms with Crippen molar-refractivity contribution in [1.82, 2.24) is 9.97 Å². The average molecular weight is 375 g/mol. The van der Waals surface area contributed by atoms with E-state index in [4.69, 9.17) is 4.74 Å². The molecule has 1 aromatic heterocycles. The van der Waals surface area contributed by atoms with Crippen LogP contribution in [0.4, 0.5) is 5.69 Å². The topological polar surface area (TPSA) is 95.2 Å². The molecule has 0 N–H and O–H groups in total. The highest BCUT2D eigenvalue weighted by atomic mass is 32.2. The third-order valence-corrected chi connectivity index (χ3v) is 4.57. The van der Waals surface area contributed by atoms with Crippen LogP contribution in [0, 0.1) is 24.0 Å². The summed E-state index contributed by atoms with van der Waals surface area (Å²) in [7, 11) is 0. The number of carbonyl (C=O) groups is 1. The van der Waals surface area contributed by atoms with Gasteiger partial charge in [-0.2, -0.15) is 0 Å². The Kier molecular flexibility index (Phi) is 6.68. The fraction of sp³-hybridized carbons (Fsp3) is 0.389. The van der Waals surface area contributed by atoms with Gasteiger partial charge in [-0.15, -0.1) is 0 Å². The van der Waals surface area contributed by atoms with Gasteiger partial charge in [0.2, 0.25) is 0 Å². The minimum atomic E-state index is -0.556. The predicted molar refractivity (Wildman–Crippen MR) is 99.2 cm³/mol. The van der Waals surface area contributed by atoms with Gasteiger partial charge >= 0.3 is 5.97 Å². The van der Waals surface area contributed by atoms with Crippen molar-refractivity contribution >= 4 is 23.4 Å². The second-order valence-corrected chi connectivity index (χ2v) is 6.62. The number of hydrogen-bond donors (Lipinski definition) is 0. The number of thioether (sulfide) groups is 1. The molecule has 7 nitrogen and oxygen atoms in total. The van der Waals surface area contributed by atoms with E-state index in [-0.39, 0.29) is 18.1 Å². The summed E-state index contributed by atoms with van der Waals surface area (Å²) in [4.78, 5) is 31.3. The van der Waals surface area contributed by atoms with Crippen LogP contribution in [0.15, 0.2) is 29.4 Å². The first-order chi connectivity index (χ1) is 12.3. The van der Waals surface area contributed by atoms with Gasteiger partial charge in [-0.1, -0.05) is 23.9 Å². The van der Waals surface area contributed by atoms with Crippen molar-refractivity contribution in [3.8, 4) is 0 Å². The highest BCUT2D eigenvalue weighted by molar-refractivity contribution is 7.98. The van der Waals surface area contributed by atoms with E-state index in [0.717, 1.165) is 17.0 Å². The van der Waals surface area contributed by atoms with E-state index < -0.39 is 11.0 Å². The lowest BCUT2D eigenvalue weighted by Crippen LogP contribution is -2.11. The van der Waals surface area contributed by atoms with Gasteiger partial charge in [0, 0.05) is 29.9 Å². The molecule has 1 aromatic carbocycles. The van der Waals surface area contributed by atoms with Crippen molar-refractivity contribution in [3.05, 3.63) is 56.9 Å². The third-order valence-electron chi connectivity index (χ3n) is 4.02. The molecule has 1 atom stereocenters. The Morgan fingerprint density at radius 1 is 1.31 bits per heavy atom. The Bertz CT molecular complexity index is 803. The van der Waals surface area contributed by atoms with Crippen LogP contribution in [0.25, 0.3) is 0 Å². The first-order valence-corrected chi connectivity index (χ1v) is 9.36. The van der Waals surface area contributed by atoms with Crippen molar-refractivity contribution in [3.63, 3.8) is 0 Å². The number of ether oxygens (including phenoxy) is 1. The standard InChI is InChI=1S/C18H21N3O4S/c1-11-16(12(2)20-18(19-11)26-4)8-9-17(22)25-13(3)14-6-5-7-15(10-14)21(23)24/h5-7,10,13H,8-9H2,1-4H3/t13-/m1/s1. The van der Waals surface area contributed by atoms with Crippen LogP contribution in [0.5, 0.6) is 0 Å². The maximum atomic E-state index is 12.2. The number of benzene rings is 1. The molecule has 8 heteroatoms. The van der Waals surface area contributed by atoms with Gasteiger partial charge in [-0.05, 0) is 44.6 Å². The van der Waals surface area contributed by atoms with E-state index in [1.54, 1.807) is 19.1 Å². The summed E-state index contributed by atoms with van der Waals surface area (Å²) in [6.07, 6.45) is 2.05. The van der Waals surface area contributed by atoms with Crippen molar-refractivity contribution in [2.45, 2.75) is 44.9 Å². The van der Waals surface area contributed by atoms with Crippen LogP contribution >= 0.6 is 11.8 Å². The largest absolute Gasteiger partial charge is 0.458 e. The number of carbonyl (C=O) groups excluding carboxylic acids is 1. The molecule has 0 aliphatic heterocycles. The number of nitrogens with zero attached hydrogens (tertiary/aromatic N) is 3. The van der Waals surface area contributed by atoms with Gasteiger partial charge in [0.15, 0.2) is 5.16 Å². The molecule has 2 aromatic rings. The Morgan fingerprint density at radius 3 is 2.54 bits per heavy atom. The molecule has 0 aliphatic rings. The number of aromatic nitrogens is 2. The molecule has 0 bridgehead atoms. The molecule has 0 radical (unpaired) electrons. The van der Waals surface area contributed by atoms with Crippen LogP contribution in [0.3, 0.4) is 0 Å². The molecule has 0 unspecified atom stereocenters. The first kappa shape index (κ1) is 19.8. The molecule has 26 heavy (non-hydrogen) atoms. The molecule has 0 aliphatic carbocycles. The number of aryl methyl sites for hydroxylation is 2. The zero-order valence-corrected chi connectivity index (χ0v) is 16.0. The van der Waals surface area contributed by atoms with E-state index in [2.05, 4.69) is 9.97 Å². The highest BCUT2D eigenvalue weighted by Crippen LogP contribution is 2.23. The van der Waals surface area contributed by atoms with Crippen LogP contribution in [0.1, 0.15) is 42.0 Å². The van der Waals surface area contributed by atoms with Crippen LogP contribution in [-0.4, -0.2) is 27.1 Å². The molecular formula is C18H21N3O4S. The highest BCUT2D eigenvalue weighted by Gasteiger charge is 2.16. The summed E-state index contributed by atoms with van der Waals surface area (Å²) in [5.74, 6) is -0.364. The van der Waals surface area contributed by atoms with Gasteiger partial charge in [0.1, 0.15) is 6.10 Å². The van der Waals surface area contributed by atoms with Gasteiger partial charge in [0.25, 0.3) is 5.69 Å². The van der Waals surface area contributed by atoms with Crippen LogP contribution in [0.2, 0.25) is 0 Å². The average Bonchev–Trinajstić information content (AvgIpc) is 2.60. The number of non-ortho nitro benzene ring substituents is 1. The number of nitro benzene ring substituents is 1. The minimum Gasteiger partial charge on any atom is -0.458 e. The minimum absolute atomic E-state index is 0.0253. The molecule has 0 saturated carbocycles.